The summed E-state index contributed by atoms with van der Waals surface area (Å²) in [6.45, 7) is 1.44. The molecule has 1 aromatic heterocycles. The maximum absolute atomic E-state index is 5.73. The predicted octanol–water partition coefficient (Wildman–Crippen LogP) is 2.46. The van der Waals surface area contributed by atoms with Crippen molar-refractivity contribution in [1.29, 1.82) is 0 Å². The highest BCUT2D eigenvalue weighted by Gasteiger charge is 2.13. The first kappa shape index (κ1) is 12.3. The van der Waals surface area contributed by atoms with Gasteiger partial charge in [-0.05, 0) is 30.9 Å². The second-order valence-corrected chi connectivity index (χ2v) is 4.68. The molecule has 1 aliphatic carbocycles. The Morgan fingerprint density at radius 1 is 1.29 bits per heavy atom. The van der Waals surface area contributed by atoms with Gasteiger partial charge in [0.1, 0.15) is 5.82 Å². The molecule has 1 aliphatic rings. The first-order valence-electron chi connectivity index (χ1n) is 6.39. The molecule has 1 saturated carbocycles. The zero-order valence-corrected chi connectivity index (χ0v) is 10.2. The van der Waals surface area contributed by atoms with E-state index in [1.54, 1.807) is 0 Å². The van der Waals surface area contributed by atoms with Crippen LogP contribution < -0.4 is 11.3 Å². The average molecular weight is 235 g/mol. The summed E-state index contributed by atoms with van der Waals surface area (Å²) < 4.78 is 5.73. The van der Waals surface area contributed by atoms with Crippen LogP contribution in [0.4, 0.5) is 5.82 Å². The van der Waals surface area contributed by atoms with Gasteiger partial charge in [0.2, 0.25) is 0 Å². The van der Waals surface area contributed by atoms with E-state index in [0.29, 0.717) is 12.4 Å². The first-order chi connectivity index (χ1) is 8.38. The van der Waals surface area contributed by atoms with E-state index in [2.05, 4.69) is 10.4 Å². The van der Waals surface area contributed by atoms with E-state index >= 15 is 0 Å². The highest BCUT2D eigenvalue weighted by Crippen LogP contribution is 2.23. The minimum atomic E-state index is 0.575. The van der Waals surface area contributed by atoms with Crippen LogP contribution in [0, 0.1) is 5.92 Å². The molecule has 0 aromatic carbocycles. The van der Waals surface area contributed by atoms with Crippen LogP contribution in [0.1, 0.15) is 37.8 Å². The molecule has 1 fully saturated rings. The Bertz CT molecular complexity index is 337. The Labute approximate surface area is 103 Å². The molecular formula is C13H21N3O. The molecule has 0 spiro atoms. The fourth-order valence-electron chi connectivity index (χ4n) is 2.32. The lowest BCUT2D eigenvalue weighted by atomic mass is 9.90. The highest BCUT2D eigenvalue weighted by atomic mass is 16.5. The molecule has 3 N–H and O–H groups in total. The topological polar surface area (TPSA) is 60.2 Å². The lowest BCUT2D eigenvalue weighted by Gasteiger charge is -2.21. The number of rotatable bonds is 5. The smallest absolute Gasteiger partial charge is 0.140 e. The van der Waals surface area contributed by atoms with Crippen molar-refractivity contribution in [3.63, 3.8) is 0 Å². The Kier molecular flexibility index (Phi) is 4.76. The van der Waals surface area contributed by atoms with Gasteiger partial charge in [-0.25, -0.2) is 10.8 Å². The number of anilines is 1. The number of hydrazine groups is 1. The van der Waals surface area contributed by atoms with E-state index in [-0.39, 0.29) is 0 Å². The SMILES string of the molecule is NNc1cccc(COCC2CCCCC2)n1. The van der Waals surface area contributed by atoms with Crippen molar-refractivity contribution in [3.05, 3.63) is 23.9 Å². The second kappa shape index (κ2) is 6.57. The molecule has 0 saturated heterocycles. The molecule has 0 aliphatic heterocycles. The summed E-state index contributed by atoms with van der Waals surface area (Å²) in [7, 11) is 0. The van der Waals surface area contributed by atoms with Crippen molar-refractivity contribution < 1.29 is 4.74 Å². The van der Waals surface area contributed by atoms with Crippen molar-refractivity contribution in [2.24, 2.45) is 11.8 Å². The van der Waals surface area contributed by atoms with Crippen molar-refractivity contribution >= 4 is 5.82 Å². The van der Waals surface area contributed by atoms with E-state index in [9.17, 15) is 0 Å². The van der Waals surface area contributed by atoms with Crippen molar-refractivity contribution in [1.82, 2.24) is 4.98 Å². The minimum absolute atomic E-state index is 0.575. The van der Waals surface area contributed by atoms with E-state index < -0.39 is 0 Å². The van der Waals surface area contributed by atoms with Crippen LogP contribution in [0.15, 0.2) is 18.2 Å². The van der Waals surface area contributed by atoms with E-state index in [1.807, 2.05) is 18.2 Å². The molecule has 1 heterocycles. The molecule has 94 valence electrons. The van der Waals surface area contributed by atoms with Gasteiger partial charge in [-0.3, -0.25) is 0 Å². The fourth-order valence-corrected chi connectivity index (χ4v) is 2.32. The van der Waals surface area contributed by atoms with Crippen LogP contribution in [0.3, 0.4) is 0 Å². The minimum Gasteiger partial charge on any atom is -0.375 e. The Hall–Kier alpha value is -1.13. The summed E-state index contributed by atoms with van der Waals surface area (Å²) in [6.07, 6.45) is 6.75. The van der Waals surface area contributed by atoms with Crippen LogP contribution in [-0.2, 0) is 11.3 Å². The van der Waals surface area contributed by atoms with Crippen LogP contribution in [-0.4, -0.2) is 11.6 Å². The molecule has 0 amide bonds. The standard InChI is InChI=1S/C13H21N3O/c14-16-13-8-4-7-12(15-13)10-17-9-11-5-2-1-3-6-11/h4,7-8,11H,1-3,5-6,9-10,14H2,(H,15,16). The summed E-state index contributed by atoms with van der Waals surface area (Å²) >= 11 is 0. The van der Waals surface area contributed by atoms with Gasteiger partial charge in [0, 0.05) is 6.61 Å². The summed E-state index contributed by atoms with van der Waals surface area (Å²) in [4.78, 5) is 4.31. The van der Waals surface area contributed by atoms with Gasteiger partial charge in [0.15, 0.2) is 0 Å². The molecule has 1 aromatic rings. The lowest BCUT2D eigenvalue weighted by Crippen LogP contribution is -2.14. The summed E-state index contributed by atoms with van der Waals surface area (Å²) in [5.41, 5.74) is 3.47. The Balaban J connectivity index is 1.73. The van der Waals surface area contributed by atoms with E-state index in [1.165, 1.54) is 32.1 Å². The third-order valence-corrected chi connectivity index (χ3v) is 3.28. The number of nitrogens with one attached hydrogen (secondary N) is 1. The molecule has 2 rings (SSSR count). The molecule has 4 heteroatoms. The van der Waals surface area contributed by atoms with Gasteiger partial charge < -0.3 is 10.2 Å². The van der Waals surface area contributed by atoms with E-state index in [0.717, 1.165) is 18.2 Å². The molecule has 0 radical (unpaired) electrons. The first-order valence-corrected chi connectivity index (χ1v) is 6.39. The second-order valence-electron chi connectivity index (χ2n) is 4.68. The number of nitrogens with zero attached hydrogens (tertiary/aromatic N) is 1. The largest absolute Gasteiger partial charge is 0.375 e. The van der Waals surface area contributed by atoms with Gasteiger partial charge in [-0.1, -0.05) is 25.3 Å². The monoisotopic (exact) mass is 235 g/mol. The maximum atomic E-state index is 5.73. The number of aromatic nitrogens is 1. The van der Waals surface area contributed by atoms with Gasteiger partial charge in [-0.2, -0.15) is 0 Å². The molecular weight excluding hydrogens is 214 g/mol. The normalized spacial score (nSPS) is 17.0. The summed E-state index contributed by atoms with van der Waals surface area (Å²) in [5, 5.41) is 0. The van der Waals surface area contributed by atoms with Gasteiger partial charge >= 0.3 is 0 Å². The molecule has 4 nitrogen and oxygen atoms in total. The third kappa shape index (κ3) is 3.98. The molecule has 0 bridgehead atoms. The Morgan fingerprint density at radius 2 is 2.12 bits per heavy atom. The van der Waals surface area contributed by atoms with Gasteiger partial charge in [0.05, 0.1) is 12.3 Å². The predicted molar refractivity (Wildman–Crippen MR) is 68.3 cm³/mol. The maximum Gasteiger partial charge on any atom is 0.140 e. The van der Waals surface area contributed by atoms with Crippen LogP contribution >= 0.6 is 0 Å². The third-order valence-electron chi connectivity index (χ3n) is 3.28. The Morgan fingerprint density at radius 3 is 2.88 bits per heavy atom. The lowest BCUT2D eigenvalue weighted by molar-refractivity contribution is 0.0721. The van der Waals surface area contributed by atoms with Gasteiger partial charge in [0.25, 0.3) is 0 Å². The summed E-state index contributed by atoms with van der Waals surface area (Å²) in [5.74, 6) is 6.74. The van der Waals surface area contributed by atoms with Crippen molar-refractivity contribution in [3.8, 4) is 0 Å². The fraction of sp³-hybridized carbons (Fsp3) is 0.615. The van der Waals surface area contributed by atoms with Crippen LogP contribution in [0.5, 0.6) is 0 Å². The number of nitrogens with two attached hydrogens (primary N) is 1. The van der Waals surface area contributed by atoms with Crippen molar-refractivity contribution in [2.75, 3.05) is 12.0 Å². The van der Waals surface area contributed by atoms with E-state index in [4.69, 9.17) is 10.6 Å². The summed E-state index contributed by atoms with van der Waals surface area (Å²) in [6, 6.07) is 5.73. The number of ether oxygens (including phenoxy) is 1. The van der Waals surface area contributed by atoms with Crippen molar-refractivity contribution in [2.45, 2.75) is 38.7 Å². The molecule has 0 unspecified atom stereocenters. The molecule has 17 heavy (non-hydrogen) atoms. The average Bonchev–Trinajstić information content (AvgIpc) is 2.40. The number of hydrogen-bond acceptors (Lipinski definition) is 4. The van der Waals surface area contributed by atoms with Gasteiger partial charge in [-0.15, -0.1) is 0 Å². The molecule has 0 atom stereocenters. The zero-order valence-electron chi connectivity index (χ0n) is 10.2. The quantitative estimate of drug-likeness (QED) is 0.608. The van der Waals surface area contributed by atoms with Crippen LogP contribution in [0.2, 0.25) is 0 Å². The number of nitrogen functional groups attached to an aromatic ring is 1. The van der Waals surface area contributed by atoms with Crippen LogP contribution in [0.25, 0.3) is 0 Å². The highest BCUT2D eigenvalue weighted by molar-refractivity contribution is 5.33. The zero-order chi connectivity index (χ0) is 11.9. The number of hydrogen-bond donors (Lipinski definition) is 2. The number of pyridine rings is 1.